The van der Waals surface area contributed by atoms with E-state index in [1.807, 2.05) is 13.1 Å². The third kappa shape index (κ3) is 3.32. The Morgan fingerprint density at radius 2 is 2.00 bits per heavy atom. The second-order valence-corrected chi connectivity index (χ2v) is 10.3. The molecule has 30 heavy (non-hydrogen) atoms. The van der Waals surface area contributed by atoms with Gasteiger partial charge in [-0.25, -0.2) is 0 Å². The lowest BCUT2D eigenvalue weighted by atomic mass is 9.46. The smallest absolute Gasteiger partial charge is 0.244 e. The van der Waals surface area contributed by atoms with Crippen LogP contribution in [0.5, 0.6) is 0 Å². The maximum absolute atomic E-state index is 13.3. The van der Waals surface area contributed by atoms with Gasteiger partial charge < -0.3 is 0 Å². The molecule has 4 aliphatic rings. The van der Waals surface area contributed by atoms with Crippen LogP contribution in [-0.4, -0.2) is 41.8 Å². The number of hydrazine groups is 1. The highest BCUT2D eigenvalue weighted by Crippen LogP contribution is 2.63. The number of halogens is 1. The Bertz CT molecular complexity index is 944. The van der Waals surface area contributed by atoms with Gasteiger partial charge in [-0.1, -0.05) is 6.92 Å². The van der Waals surface area contributed by atoms with Gasteiger partial charge in [-0.15, -0.1) is 10.2 Å². The number of hydrogen-bond donors (Lipinski definition) is 2. The number of carbonyl (C=O) groups is 2. The molecule has 2 aromatic heterocycles. The summed E-state index contributed by atoms with van der Waals surface area (Å²) < 4.78 is 2.56. The van der Waals surface area contributed by atoms with Gasteiger partial charge in [0.25, 0.3) is 0 Å². The monoisotopic (exact) mass is 476 g/mol. The van der Waals surface area contributed by atoms with E-state index in [-0.39, 0.29) is 23.3 Å². The first-order valence-corrected chi connectivity index (χ1v) is 11.2. The quantitative estimate of drug-likeness (QED) is 0.629. The zero-order valence-electron chi connectivity index (χ0n) is 16.8. The molecular formula is C19H25BrN8O2. The summed E-state index contributed by atoms with van der Waals surface area (Å²) >= 11 is 3.35. The molecule has 2 heterocycles. The molecule has 4 aliphatic carbocycles. The van der Waals surface area contributed by atoms with Crippen molar-refractivity contribution in [3.8, 4) is 0 Å². The molecule has 6 rings (SSSR count). The van der Waals surface area contributed by atoms with Crippen LogP contribution in [0.15, 0.2) is 23.2 Å². The Labute approximate surface area is 182 Å². The SMILES string of the molecule is CC(Cn1cc(Br)cn1)C(=O)NNC(=O)C12CC3CC(C1)CC(n1ncnn1)(C3)C2. The molecule has 0 spiro atoms. The van der Waals surface area contributed by atoms with Crippen molar-refractivity contribution in [3.63, 3.8) is 0 Å². The molecule has 2 aromatic rings. The van der Waals surface area contributed by atoms with E-state index in [4.69, 9.17) is 0 Å². The van der Waals surface area contributed by atoms with Crippen molar-refractivity contribution in [2.75, 3.05) is 0 Å². The van der Waals surface area contributed by atoms with Crippen LogP contribution >= 0.6 is 15.9 Å². The summed E-state index contributed by atoms with van der Waals surface area (Å²) in [6.07, 6.45) is 10.5. The van der Waals surface area contributed by atoms with Crippen molar-refractivity contribution in [1.82, 2.24) is 40.8 Å². The topological polar surface area (TPSA) is 120 Å². The van der Waals surface area contributed by atoms with Crippen molar-refractivity contribution in [3.05, 3.63) is 23.2 Å². The van der Waals surface area contributed by atoms with Crippen molar-refractivity contribution in [1.29, 1.82) is 0 Å². The Balaban J connectivity index is 1.25. The molecule has 160 valence electrons. The Morgan fingerprint density at radius 1 is 1.23 bits per heavy atom. The lowest BCUT2D eigenvalue weighted by Crippen LogP contribution is -2.63. The van der Waals surface area contributed by atoms with E-state index in [9.17, 15) is 9.59 Å². The van der Waals surface area contributed by atoms with E-state index >= 15 is 0 Å². The summed E-state index contributed by atoms with van der Waals surface area (Å²) in [7, 11) is 0. The van der Waals surface area contributed by atoms with Crippen molar-refractivity contribution < 1.29 is 9.59 Å². The highest BCUT2D eigenvalue weighted by Gasteiger charge is 2.62. The van der Waals surface area contributed by atoms with Gasteiger partial charge >= 0.3 is 0 Å². The average molecular weight is 477 g/mol. The first-order chi connectivity index (χ1) is 14.4. The lowest BCUT2D eigenvalue weighted by Gasteiger charge is -2.60. The minimum atomic E-state index is -0.485. The van der Waals surface area contributed by atoms with Crippen molar-refractivity contribution in [2.45, 2.75) is 57.5 Å². The predicted molar refractivity (Wildman–Crippen MR) is 108 cm³/mol. The second-order valence-electron chi connectivity index (χ2n) is 9.42. The number of amides is 2. The third-order valence-electron chi connectivity index (χ3n) is 7.09. The van der Waals surface area contributed by atoms with Gasteiger partial charge in [0.1, 0.15) is 0 Å². The standard InChI is InChI=1S/C19H25BrN8O2/c1-12(8-27-9-15(20)7-22-27)16(29)24-25-17(30)18-3-13-2-14(4-18)6-19(5-13,10-18)28-23-11-21-26-28/h7,9,11-14H,2-6,8,10H2,1H3,(H,24,29)(H,25,30). The highest BCUT2D eigenvalue weighted by molar-refractivity contribution is 9.10. The molecule has 0 saturated heterocycles. The summed E-state index contributed by atoms with van der Waals surface area (Å²) in [5, 5.41) is 16.6. The summed E-state index contributed by atoms with van der Waals surface area (Å²) in [4.78, 5) is 27.5. The van der Waals surface area contributed by atoms with Crippen LogP contribution in [0, 0.1) is 23.2 Å². The fourth-order valence-corrected chi connectivity index (χ4v) is 6.60. The number of carbonyl (C=O) groups excluding carboxylic acids is 2. The molecule has 2 N–H and O–H groups in total. The maximum atomic E-state index is 13.3. The zero-order valence-corrected chi connectivity index (χ0v) is 18.4. The van der Waals surface area contributed by atoms with Gasteiger partial charge in [-0.3, -0.25) is 25.1 Å². The highest BCUT2D eigenvalue weighted by atomic mass is 79.9. The Kier molecular flexibility index (Phi) is 4.68. The molecule has 2 amide bonds. The molecule has 10 nitrogen and oxygen atoms in total. The van der Waals surface area contributed by atoms with Crippen LogP contribution in [0.4, 0.5) is 0 Å². The van der Waals surface area contributed by atoms with Gasteiger partial charge in [-0.2, -0.15) is 9.90 Å². The first-order valence-electron chi connectivity index (χ1n) is 10.4. The van der Waals surface area contributed by atoms with E-state index in [2.05, 4.69) is 47.3 Å². The van der Waals surface area contributed by atoms with E-state index in [0.717, 1.165) is 36.6 Å². The minimum Gasteiger partial charge on any atom is -0.273 e. The molecule has 4 saturated carbocycles. The van der Waals surface area contributed by atoms with Crippen LogP contribution < -0.4 is 10.9 Å². The average Bonchev–Trinajstić information content (AvgIpc) is 3.37. The molecule has 4 bridgehead atoms. The fraction of sp³-hybridized carbons (Fsp3) is 0.684. The lowest BCUT2D eigenvalue weighted by molar-refractivity contribution is -0.159. The van der Waals surface area contributed by atoms with Crippen LogP contribution in [0.1, 0.15) is 45.4 Å². The molecule has 3 atom stereocenters. The number of nitrogens with zero attached hydrogens (tertiary/aromatic N) is 6. The van der Waals surface area contributed by atoms with Gasteiger partial charge in [0.15, 0.2) is 6.33 Å². The summed E-state index contributed by atoms with van der Waals surface area (Å²) in [5.74, 6) is 0.307. The van der Waals surface area contributed by atoms with E-state index in [1.54, 1.807) is 15.7 Å². The number of aromatic nitrogens is 6. The Hall–Kier alpha value is -2.30. The normalized spacial score (nSPS) is 32.7. The van der Waals surface area contributed by atoms with Crippen LogP contribution in [0.25, 0.3) is 0 Å². The van der Waals surface area contributed by atoms with Crippen LogP contribution in [-0.2, 0) is 21.7 Å². The molecule has 4 fully saturated rings. The molecule has 0 radical (unpaired) electrons. The largest absolute Gasteiger partial charge is 0.273 e. The van der Waals surface area contributed by atoms with Crippen molar-refractivity contribution in [2.24, 2.45) is 23.2 Å². The Morgan fingerprint density at radius 3 is 2.63 bits per heavy atom. The summed E-state index contributed by atoms with van der Waals surface area (Å²) in [5.41, 5.74) is 4.65. The first kappa shape index (κ1) is 19.7. The second kappa shape index (κ2) is 7.14. The maximum Gasteiger partial charge on any atom is 0.244 e. The molecule has 11 heteroatoms. The molecule has 3 unspecified atom stereocenters. The van der Waals surface area contributed by atoms with Gasteiger partial charge in [0.05, 0.1) is 34.1 Å². The van der Waals surface area contributed by atoms with E-state index < -0.39 is 5.41 Å². The van der Waals surface area contributed by atoms with Gasteiger partial charge in [0, 0.05) is 6.20 Å². The zero-order chi connectivity index (χ0) is 20.9. The number of tetrazole rings is 1. The number of nitrogens with one attached hydrogen (secondary N) is 2. The van der Waals surface area contributed by atoms with Crippen molar-refractivity contribution >= 4 is 27.7 Å². The predicted octanol–water partition coefficient (Wildman–Crippen LogP) is 1.41. The summed E-state index contributed by atoms with van der Waals surface area (Å²) in [6.45, 7) is 2.25. The number of hydrogen-bond acceptors (Lipinski definition) is 6. The minimum absolute atomic E-state index is 0.0940. The van der Waals surface area contributed by atoms with Gasteiger partial charge in [0.2, 0.25) is 11.8 Å². The van der Waals surface area contributed by atoms with Crippen LogP contribution in [0.2, 0.25) is 0 Å². The van der Waals surface area contributed by atoms with E-state index in [0.29, 0.717) is 24.8 Å². The number of rotatable bonds is 5. The third-order valence-corrected chi connectivity index (χ3v) is 7.50. The van der Waals surface area contributed by atoms with Crippen LogP contribution in [0.3, 0.4) is 0 Å². The fourth-order valence-electron chi connectivity index (χ4n) is 6.27. The molecule has 0 aliphatic heterocycles. The molecule has 0 aromatic carbocycles. The van der Waals surface area contributed by atoms with Gasteiger partial charge in [-0.05, 0) is 71.5 Å². The van der Waals surface area contributed by atoms with E-state index in [1.165, 1.54) is 6.33 Å². The summed E-state index contributed by atoms with van der Waals surface area (Å²) in [6, 6.07) is 0. The molecular weight excluding hydrogens is 452 g/mol.